The van der Waals surface area contributed by atoms with Gasteiger partial charge in [-0.1, -0.05) is 0 Å². The highest BCUT2D eigenvalue weighted by atomic mass is 32.2. The highest BCUT2D eigenvalue weighted by Gasteiger charge is 2.45. The van der Waals surface area contributed by atoms with Crippen molar-refractivity contribution < 1.29 is 8.42 Å². The topological polar surface area (TPSA) is 40.6 Å². The summed E-state index contributed by atoms with van der Waals surface area (Å²) in [5, 5.41) is 0. The molecule has 0 radical (unpaired) electrons. The van der Waals surface area contributed by atoms with E-state index in [0.717, 1.165) is 12.8 Å². The van der Waals surface area contributed by atoms with Gasteiger partial charge in [0.15, 0.2) is 0 Å². The SMILES string of the molecule is CC(C)N1CCN(C2CC2)S1(=O)=O. The normalized spacial score (nSPS) is 30.1. The highest BCUT2D eigenvalue weighted by Crippen LogP contribution is 2.33. The molecule has 13 heavy (non-hydrogen) atoms. The Morgan fingerprint density at radius 1 is 1.23 bits per heavy atom. The van der Waals surface area contributed by atoms with Gasteiger partial charge in [-0.3, -0.25) is 0 Å². The molecule has 2 aliphatic rings. The van der Waals surface area contributed by atoms with Crippen LogP contribution in [0, 0.1) is 0 Å². The first-order valence-electron chi connectivity index (χ1n) is 4.82. The minimum absolute atomic E-state index is 0.0914. The number of hydrogen-bond acceptors (Lipinski definition) is 2. The zero-order valence-corrected chi connectivity index (χ0v) is 8.92. The van der Waals surface area contributed by atoms with E-state index in [1.165, 1.54) is 0 Å². The van der Waals surface area contributed by atoms with E-state index in [0.29, 0.717) is 19.1 Å². The molecule has 1 aliphatic heterocycles. The first-order valence-corrected chi connectivity index (χ1v) is 6.22. The first-order chi connectivity index (χ1) is 6.03. The summed E-state index contributed by atoms with van der Waals surface area (Å²) in [6.45, 7) is 5.20. The number of rotatable bonds is 2. The lowest BCUT2D eigenvalue weighted by molar-refractivity contribution is 0.387. The van der Waals surface area contributed by atoms with Gasteiger partial charge in [-0.15, -0.1) is 0 Å². The van der Waals surface area contributed by atoms with Gasteiger partial charge in [0.05, 0.1) is 0 Å². The minimum atomic E-state index is -3.10. The lowest BCUT2D eigenvalue weighted by atomic mass is 10.4. The fourth-order valence-electron chi connectivity index (χ4n) is 1.82. The third-order valence-corrected chi connectivity index (χ3v) is 4.93. The molecule has 0 aromatic heterocycles. The van der Waals surface area contributed by atoms with Crippen LogP contribution >= 0.6 is 0 Å². The van der Waals surface area contributed by atoms with E-state index in [1.807, 2.05) is 13.8 Å². The summed E-state index contributed by atoms with van der Waals surface area (Å²) >= 11 is 0. The molecule has 1 saturated heterocycles. The molecular formula is C8H16N2O2S. The molecule has 0 aromatic carbocycles. The molecule has 0 aromatic rings. The Balaban J connectivity index is 2.20. The summed E-state index contributed by atoms with van der Waals surface area (Å²) in [5.41, 5.74) is 0. The van der Waals surface area contributed by atoms with E-state index in [2.05, 4.69) is 0 Å². The predicted octanol–water partition coefficient (Wildman–Crippen LogP) is 0.420. The summed E-state index contributed by atoms with van der Waals surface area (Å²) in [4.78, 5) is 0. The van der Waals surface area contributed by atoms with Gasteiger partial charge in [0, 0.05) is 25.2 Å². The fraction of sp³-hybridized carbons (Fsp3) is 1.00. The average molecular weight is 204 g/mol. The summed E-state index contributed by atoms with van der Waals surface area (Å²) in [7, 11) is -3.10. The van der Waals surface area contributed by atoms with Gasteiger partial charge in [-0.05, 0) is 26.7 Å². The lowest BCUT2D eigenvalue weighted by Gasteiger charge is -2.20. The molecule has 0 spiro atoms. The molecule has 1 heterocycles. The van der Waals surface area contributed by atoms with Crippen LogP contribution in [-0.2, 0) is 10.2 Å². The van der Waals surface area contributed by atoms with E-state index in [-0.39, 0.29) is 6.04 Å². The van der Waals surface area contributed by atoms with Gasteiger partial charge in [-0.25, -0.2) is 0 Å². The Hall–Kier alpha value is -0.130. The van der Waals surface area contributed by atoms with Gasteiger partial charge in [0.2, 0.25) is 0 Å². The molecule has 1 aliphatic carbocycles. The Morgan fingerprint density at radius 2 is 1.85 bits per heavy atom. The van der Waals surface area contributed by atoms with Gasteiger partial charge in [-0.2, -0.15) is 17.0 Å². The van der Waals surface area contributed by atoms with Crippen LogP contribution in [0.15, 0.2) is 0 Å². The molecule has 1 saturated carbocycles. The van der Waals surface area contributed by atoms with Crippen molar-refractivity contribution in [3.63, 3.8) is 0 Å². The molecule has 0 atom stereocenters. The Morgan fingerprint density at radius 3 is 2.23 bits per heavy atom. The molecule has 5 heteroatoms. The van der Waals surface area contributed by atoms with Gasteiger partial charge < -0.3 is 0 Å². The van der Waals surface area contributed by atoms with Crippen molar-refractivity contribution in [3.05, 3.63) is 0 Å². The van der Waals surface area contributed by atoms with E-state index >= 15 is 0 Å². The van der Waals surface area contributed by atoms with Crippen LogP contribution in [0.3, 0.4) is 0 Å². The number of hydrogen-bond donors (Lipinski definition) is 0. The van der Waals surface area contributed by atoms with Crippen molar-refractivity contribution in [2.75, 3.05) is 13.1 Å². The lowest BCUT2D eigenvalue weighted by Crippen LogP contribution is -2.37. The predicted molar refractivity (Wildman–Crippen MR) is 50.5 cm³/mol. The van der Waals surface area contributed by atoms with Gasteiger partial charge >= 0.3 is 0 Å². The standard InChI is InChI=1S/C8H16N2O2S/c1-7(2)9-5-6-10(8-3-4-8)13(9,11)12/h7-8H,3-6H2,1-2H3. The van der Waals surface area contributed by atoms with Crippen molar-refractivity contribution in [2.24, 2.45) is 0 Å². The van der Waals surface area contributed by atoms with Crippen molar-refractivity contribution in [1.29, 1.82) is 0 Å². The largest absolute Gasteiger partial charge is 0.282 e. The fourth-order valence-corrected chi connectivity index (χ4v) is 3.84. The molecule has 0 unspecified atom stereocenters. The highest BCUT2D eigenvalue weighted by molar-refractivity contribution is 7.87. The summed E-state index contributed by atoms with van der Waals surface area (Å²) in [6.07, 6.45) is 2.09. The third-order valence-electron chi connectivity index (χ3n) is 2.66. The van der Waals surface area contributed by atoms with Crippen LogP contribution in [-0.4, -0.2) is 42.2 Å². The monoisotopic (exact) mass is 204 g/mol. The van der Waals surface area contributed by atoms with Crippen LogP contribution in [0.2, 0.25) is 0 Å². The summed E-state index contributed by atoms with van der Waals surface area (Å²) < 4.78 is 27.0. The van der Waals surface area contributed by atoms with Crippen molar-refractivity contribution in [1.82, 2.24) is 8.61 Å². The molecule has 76 valence electrons. The number of nitrogens with zero attached hydrogens (tertiary/aromatic N) is 2. The quantitative estimate of drug-likeness (QED) is 0.654. The second kappa shape index (κ2) is 2.93. The molecule has 0 bridgehead atoms. The summed E-state index contributed by atoms with van der Waals surface area (Å²) in [6, 6.07) is 0.405. The smallest absolute Gasteiger partial charge is 0.195 e. The Kier molecular flexibility index (Phi) is 2.13. The molecule has 4 nitrogen and oxygen atoms in total. The van der Waals surface area contributed by atoms with Crippen molar-refractivity contribution in [2.45, 2.75) is 38.8 Å². The first kappa shape index (κ1) is 9.43. The van der Waals surface area contributed by atoms with Crippen LogP contribution < -0.4 is 0 Å². The van der Waals surface area contributed by atoms with E-state index in [4.69, 9.17) is 0 Å². The van der Waals surface area contributed by atoms with E-state index < -0.39 is 10.2 Å². The van der Waals surface area contributed by atoms with E-state index in [9.17, 15) is 8.42 Å². The molecule has 2 fully saturated rings. The Bertz CT molecular complexity index is 279. The second-order valence-corrected chi connectivity index (χ2v) is 5.89. The van der Waals surface area contributed by atoms with Crippen molar-refractivity contribution >= 4 is 10.2 Å². The maximum Gasteiger partial charge on any atom is 0.282 e. The molecule has 0 N–H and O–H groups in total. The van der Waals surface area contributed by atoms with Crippen LogP contribution in [0.1, 0.15) is 26.7 Å². The molecule has 2 rings (SSSR count). The third kappa shape index (κ3) is 1.49. The second-order valence-electron chi connectivity index (χ2n) is 4.05. The zero-order valence-electron chi connectivity index (χ0n) is 8.10. The zero-order chi connectivity index (χ0) is 9.64. The Labute approximate surface area is 79.7 Å². The summed E-state index contributed by atoms with van der Waals surface area (Å²) in [5.74, 6) is 0. The van der Waals surface area contributed by atoms with Crippen LogP contribution in [0.25, 0.3) is 0 Å². The minimum Gasteiger partial charge on any atom is -0.195 e. The van der Waals surface area contributed by atoms with E-state index in [1.54, 1.807) is 8.61 Å². The maximum absolute atomic E-state index is 11.9. The van der Waals surface area contributed by atoms with Gasteiger partial charge in [0.25, 0.3) is 10.2 Å². The maximum atomic E-state index is 11.9. The van der Waals surface area contributed by atoms with Crippen LogP contribution in [0.5, 0.6) is 0 Å². The molecule has 0 amide bonds. The average Bonchev–Trinajstić information content (AvgIpc) is 2.75. The van der Waals surface area contributed by atoms with Crippen molar-refractivity contribution in [3.8, 4) is 0 Å². The van der Waals surface area contributed by atoms with Crippen LogP contribution in [0.4, 0.5) is 0 Å². The molecular weight excluding hydrogens is 188 g/mol. The van der Waals surface area contributed by atoms with Gasteiger partial charge in [0.1, 0.15) is 0 Å².